The van der Waals surface area contributed by atoms with Gasteiger partial charge in [-0.05, 0) is 49.3 Å². The highest BCUT2D eigenvalue weighted by Gasteiger charge is 2.23. The van der Waals surface area contributed by atoms with Crippen LogP contribution in [-0.2, 0) is 6.42 Å². The summed E-state index contributed by atoms with van der Waals surface area (Å²) < 4.78 is 0. The molecule has 1 fully saturated rings. The molecule has 28 heavy (non-hydrogen) atoms. The molecule has 4 nitrogen and oxygen atoms in total. The van der Waals surface area contributed by atoms with Crippen molar-refractivity contribution < 1.29 is 9.90 Å². The lowest BCUT2D eigenvalue weighted by Crippen LogP contribution is -2.00. The van der Waals surface area contributed by atoms with E-state index in [-0.39, 0.29) is 5.56 Å². The molecular weight excluding hydrogens is 348 g/mol. The second kappa shape index (κ2) is 7.93. The normalized spacial score (nSPS) is 13.5. The number of unbranched alkanes of at least 4 members (excludes halogenated alkanes) is 1. The van der Waals surface area contributed by atoms with Gasteiger partial charge >= 0.3 is 5.97 Å². The van der Waals surface area contributed by atoms with E-state index in [1.165, 1.54) is 18.4 Å². The summed E-state index contributed by atoms with van der Waals surface area (Å²) in [4.78, 5) is 20.8. The van der Waals surface area contributed by atoms with Crippen LogP contribution in [0, 0.1) is 0 Å². The quantitative estimate of drug-likeness (QED) is 0.575. The Balaban J connectivity index is 1.74. The maximum Gasteiger partial charge on any atom is 0.335 e. The molecule has 142 valence electrons. The third-order valence-electron chi connectivity index (χ3n) is 5.25. The number of carboxylic acids is 1. The molecule has 1 saturated carbocycles. The van der Waals surface area contributed by atoms with E-state index >= 15 is 0 Å². The summed E-state index contributed by atoms with van der Waals surface area (Å²) in [6, 6.07) is 15.5. The van der Waals surface area contributed by atoms with Gasteiger partial charge in [0.1, 0.15) is 0 Å². The summed E-state index contributed by atoms with van der Waals surface area (Å²) in [5.74, 6) is -0.204. The lowest BCUT2D eigenvalue weighted by Gasteiger charge is -2.11. The van der Waals surface area contributed by atoms with E-state index in [0.717, 1.165) is 53.4 Å². The van der Waals surface area contributed by atoms with Gasteiger partial charge in [-0.25, -0.2) is 9.78 Å². The minimum absolute atomic E-state index is 0.272. The van der Waals surface area contributed by atoms with Crippen molar-refractivity contribution in [1.29, 1.82) is 0 Å². The van der Waals surface area contributed by atoms with Crippen LogP contribution in [0.4, 0.5) is 0 Å². The molecule has 4 rings (SSSR count). The second-order valence-corrected chi connectivity index (χ2v) is 7.44. The Bertz CT molecular complexity index is 974. The maximum atomic E-state index is 11.2. The molecule has 0 spiro atoms. The first-order valence-electron chi connectivity index (χ1n) is 9.95. The molecular formula is C24H24N2O2. The number of nitrogens with zero attached hydrogens (tertiary/aromatic N) is 2. The zero-order valence-electron chi connectivity index (χ0n) is 16.1. The van der Waals surface area contributed by atoms with Crippen LogP contribution in [0.1, 0.15) is 60.1 Å². The fourth-order valence-corrected chi connectivity index (χ4v) is 3.42. The number of carbonyl (C=O) groups is 1. The van der Waals surface area contributed by atoms with Crippen LogP contribution < -0.4 is 0 Å². The minimum Gasteiger partial charge on any atom is -0.478 e. The molecule has 0 saturated heterocycles. The fraction of sp³-hybridized carbons (Fsp3) is 0.292. The van der Waals surface area contributed by atoms with E-state index in [4.69, 9.17) is 15.1 Å². The average molecular weight is 372 g/mol. The van der Waals surface area contributed by atoms with Crippen molar-refractivity contribution in [3.8, 4) is 22.5 Å². The van der Waals surface area contributed by atoms with E-state index in [0.29, 0.717) is 0 Å². The lowest BCUT2D eigenvalue weighted by molar-refractivity contribution is 0.0697. The Kier molecular flexibility index (Phi) is 5.20. The van der Waals surface area contributed by atoms with Gasteiger partial charge in [-0.1, -0.05) is 49.7 Å². The summed E-state index contributed by atoms with van der Waals surface area (Å²) in [6.07, 6.45) is 7.51. The van der Waals surface area contributed by atoms with Crippen molar-refractivity contribution in [2.75, 3.05) is 0 Å². The Hall–Kier alpha value is -3.01. The summed E-state index contributed by atoms with van der Waals surface area (Å²) in [5.41, 5.74) is 6.21. The van der Waals surface area contributed by atoms with Gasteiger partial charge in [0.2, 0.25) is 0 Å². The molecule has 3 aromatic rings. The van der Waals surface area contributed by atoms with Crippen molar-refractivity contribution in [1.82, 2.24) is 9.97 Å². The van der Waals surface area contributed by atoms with E-state index in [9.17, 15) is 4.79 Å². The first kappa shape index (κ1) is 18.4. The molecule has 0 radical (unpaired) electrons. The smallest absolute Gasteiger partial charge is 0.335 e. The monoisotopic (exact) mass is 372 g/mol. The van der Waals surface area contributed by atoms with Gasteiger partial charge in [-0.3, -0.25) is 4.98 Å². The summed E-state index contributed by atoms with van der Waals surface area (Å²) in [5, 5.41) is 9.17. The van der Waals surface area contributed by atoms with Crippen LogP contribution in [0.5, 0.6) is 0 Å². The topological polar surface area (TPSA) is 63.1 Å². The number of benzene rings is 2. The number of aromatic carboxylic acids is 1. The van der Waals surface area contributed by atoms with E-state index in [1.807, 2.05) is 18.3 Å². The Morgan fingerprint density at radius 3 is 2.25 bits per heavy atom. The fourth-order valence-electron chi connectivity index (χ4n) is 3.42. The maximum absolute atomic E-state index is 11.2. The molecule has 1 aromatic heterocycles. The SMILES string of the molecule is CCCCc1cnc(-c2ccc(C3CC3)cc2)c(-c2ccc(C(=O)O)cc2)n1. The zero-order valence-corrected chi connectivity index (χ0v) is 16.1. The molecule has 0 amide bonds. The lowest BCUT2D eigenvalue weighted by atomic mass is 10.0. The average Bonchev–Trinajstić information content (AvgIpc) is 3.58. The van der Waals surface area contributed by atoms with Gasteiger partial charge in [0.15, 0.2) is 0 Å². The minimum atomic E-state index is -0.926. The van der Waals surface area contributed by atoms with Crippen LogP contribution >= 0.6 is 0 Å². The highest BCUT2D eigenvalue weighted by atomic mass is 16.4. The summed E-state index contributed by atoms with van der Waals surface area (Å²) >= 11 is 0. The summed E-state index contributed by atoms with van der Waals surface area (Å²) in [6.45, 7) is 2.16. The Morgan fingerprint density at radius 1 is 1.00 bits per heavy atom. The van der Waals surface area contributed by atoms with Crippen LogP contribution in [0.25, 0.3) is 22.5 Å². The van der Waals surface area contributed by atoms with Crippen molar-refractivity contribution in [2.24, 2.45) is 0 Å². The standard InChI is InChI=1S/C24H24N2O2/c1-2-3-4-21-15-25-22(18-9-7-17(8-10-18)16-5-6-16)23(26-21)19-11-13-20(14-12-19)24(27)28/h7-16H,2-6H2,1H3,(H,27,28). The summed E-state index contributed by atoms with van der Waals surface area (Å²) in [7, 11) is 0. The molecule has 2 aromatic carbocycles. The van der Waals surface area contributed by atoms with Gasteiger partial charge in [0.25, 0.3) is 0 Å². The van der Waals surface area contributed by atoms with Gasteiger partial charge in [0.05, 0.1) is 22.6 Å². The number of hydrogen-bond acceptors (Lipinski definition) is 3. The third kappa shape index (κ3) is 3.96. The largest absolute Gasteiger partial charge is 0.478 e. The van der Waals surface area contributed by atoms with Crippen molar-refractivity contribution >= 4 is 5.97 Å². The second-order valence-electron chi connectivity index (χ2n) is 7.44. The van der Waals surface area contributed by atoms with Gasteiger partial charge < -0.3 is 5.11 Å². The Morgan fingerprint density at radius 2 is 1.64 bits per heavy atom. The molecule has 4 heteroatoms. The highest BCUT2D eigenvalue weighted by Crippen LogP contribution is 2.40. The first-order chi connectivity index (χ1) is 13.7. The highest BCUT2D eigenvalue weighted by molar-refractivity contribution is 5.88. The predicted molar refractivity (Wildman–Crippen MR) is 110 cm³/mol. The van der Waals surface area contributed by atoms with Crippen molar-refractivity contribution in [3.05, 3.63) is 71.5 Å². The van der Waals surface area contributed by atoms with Crippen molar-refractivity contribution in [2.45, 2.75) is 44.9 Å². The molecule has 0 bridgehead atoms. The number of carboxylic acid groups (broad SMARTS) is 1. The predicted octanol–water partition coefficient (Wildman–Crippen LogP) is 5.73. The van der Waals surface area contributed by atoms with E-state index in [2.05, 4.69) is 31.2 Å². The molecule has 1 aliphatic carbocycles. The number of aromatic nitrogens is 2. The van der Waals surface area contributed by atoms with Gasteiger partial charge in [-0.2, -0.15) is 0 Å². The first-order valence-corrected chi connectivity index (χ1v) is 9.95. The molecule has 1 aliphatic rings. The number of rotatable bonds is 7. The van der Waals surface area contributed by atoms with E-state index < -0.39 is 5.97 Å². The van der Waals surface area contributed by atoms with Crippen LogP contribution in [-0.4, -0.2) is 21.0 Å². The zero-order chi connectivity index (χ0) is 19.5. The van der Waals surface area contributed by atoms with Crippen LogP contribution in [0.2, 0.25) is 0 Å². The third-order valence-corrected chi connectivity index (χ3v) is 5.25. The van der Waals surface area contributed by atoms with Crippen molar-refractivity contribution in [3.63, 3.8) is 0 Å². The number of aryl methyl sites for hydroxylation is 1. The Labute approximate surface area is 165 Å². The number of hydrogen-bond donors (Lipinski definition) is 1. The molecule has 1 heterocycles. The molecule has 0 unspecified atom stereocenters. The van der Waals surface area contributed by atoms with Gasteiger partial charge in [-0.15, -0.1) is 0 Å². The van der Waals surface area contributed by atoms with Gasteiger partial charge in [0, 0.05) is 17.3 Å². The molecule has 0 atom stereocenters. The van der Waals surface area contributed by atoms with Crippen LogP contribution in [0.3, 0.4) is 0 Å². The van der Waals surface area contributed by atoms with E-state index in [1.54, 1.807) is 12.1 Å². The molecule has 1 N–H and O–H groups in total. The molecule has 0 aliphatic heterocycles. The van der Waals surface area contributed by atoms with Crippen LogP contribution in [0.15, 0.2) is 54.7 Å².